The monoisotopic (exact) mass is 380 g/mol. The average Bonchev–Trinajstić information content (AvgIpc) is 3.26. The van der Waals surface area contributed by atoms with Gasteiger partial charge in [-0.3, -0.25) is 9.59 Å². The maximum absolute atomic E-state index is 12.5. The second kappa shape index (κ2) is 7.54. The maximum Gasteiger partial charge on any atom is 0.254 e. The van der Waals surface area contributed by atoms with Crippen molar-refractivity contribution in [3.8, 4) is 11.5 Å². The van der Waals surface area contributed by atoms with Gasteiger partial charge in [-0.1, -0.05) is 18.2 Å². The molecule has 0 fully saturated rings. The van der Waals surface area contributed by atoms with Crippen LogP contribution in [0.3, 0.4) is 0 Å². The quantitative estimate of drug-likeness (QED) is 0.837. The van der Waals surface area contributed by atoms with Crippen molar-refractivity contribution in [2.75, 3.05) is 20.8 Å². The van der Waals surface area contributed by atoms with Crippen molar-refractivity contribution >= 4 is 11.8 Å². The second-order valence-corrected chi connectivity index (χ2v) is 7.20. The van der Waals surface area contributed by atoms with E-state index in [4.69, 9.17) is 9.47 Å². The standard InChI is InChI=1S/C22H24N2O4/c1-27-19-11-14-7-8-18(17(14)12-20(19)28-2)23-21(25)9-10-24-13-15-5-3-4-6-16(15)22(24)26/h3-6,11-12,18H,7-10,13H2,1-2H3,(H,23,25). The fourth-order valence-electron chi connectivity index (χ4n) is 4.08. The number of aryl methyl sites for hydroxylation is 1. The third-order valence-corrected chi connectivity index (χ3v) is 5.56. The van der Waals surface area contributed by atoms with E-state index in [0.29, 0.717) is 31.0 Å². The fraction of sp³-hybridized carbons (Fsp3) is 0.364. The van der Waals surface area contributed by atoms with Crippen molar-refractivity contribution in [1.82, 2.24) is 10.2 Å². The molecule has 2 aromatic rings. The number of rotatable bonds is 6. The summed E-state index contributed by atoms with van der Waals surface area (Å²) in [6.07, 6.45) is 2.03. The van der Waals surface area contributed by atoms with E-state index in [1.807, 2.05) is 36.4 Å². The molecule has 0 radical (unpaired) electrons. The first-order chi connectivity index (χ1) is 13.6. The van der Waals surface area contributed by atoms with Gasteiger partial charge in [0.25, 0.3) is 5.91 Å². The third kappa shape index (κ3) is 3.30. The molecule has 2 amide bonds. The van der Waals surface area contributed by atoms with Crippen molar-refractivity contribution in [2.24, 2.45) is 0 Å². The first-order valence-electron chi connectivity index (χ1n) is 9.52. The first-order valence-corrected chi connectivity index (χ1v) is 9.52. The van der Waals surface area contributed by atoms with Crippen LogP contribution in [0, 0.1) is 0 Å². The van der Waals surface area contributed by atoms with Crippen LogP contribution in [0.5, 0.6) is 11.5 Å². The second-order valence-electron chi connectivity index (χ2n) is 7.20. The first kappa shape index (κ1) is 18.3. The van der Waals surface area contributed by atoms with Gasteiger partial charge < -0.3 is 19.7 Å². The molecular weight excluding hydrogens is 356 g/mol. The molecule has 0 aromatic heterocycles. The Morgan fingerprint density at radius 1 is 1.14 bits per heavy atom. The Hall–Kier alpha value is -3.02. The molecule has 1 aliphatic carbocycles. The molecule has 146 valence electrons. The highest BCUT2D eigenvalue weighted by Gasteiger charge is 2.29. The number of fused-ring (bicyclic) bond motifs is 2. The number of carbonyl (C=O) groups is 2. The number of amides is 2. The minimum atomic E-state index is -0.0450. The Kier molecular flexibility index (Phi) is 4.94. The zero-order chi connectivity index (χ0) is 19.7. The van der Waals surface area contributed by atoms with Gasteiger partial charge in [-0.2, -0.15) is 0 Å². The number of hydrogen-bond donors (Lipinski definition) is 1. The Morgan fingerprint density at radius 2 is 1.89 bits per heavy atom. The summed E-state index contributed by atoms with van der Waals surface area (Å²) in [7, 11) is 3.23. The van der Waals surface area contributed by atoms with Gasteiger partial charge in [0.15, 0.2) is 11.5 Å². The van der Waals surface area contributed by atoms with Crippen LogP contribution in [0.25, 0.3) is 0 Å². The van der Waals surface area contributed by atoms with E-state index < -0.39 is 0 Å². The summed E-state index contributed by atoms with van der Waals surface area (Å²) >= 11 is 0. The molecule has 0 saturated carbocycles. The lowest BCUT2D eigenvalue weighted by molar-refractivity contribution is -0.122. The van der Waals surface area contributed by atoms with Gasteiger partial charge in [0, 0.05) is 25.1 Å². The lowest BCUT2D eigenvalue weighted by Crippen LogP contribution is -2.32. The van der Waals surface area contributed by atoms with Crippen molar-refractivity contribution in [3.05, 3.63) is 58.7 Å². The van der Waals surface area contributed by atoms with E-state index in [2.05, 4.69) is 5.32 Å². The highest BCUT2D eigenvalue weighted by molar-refractivity contribution is 5.98. The lowest BCUT2D eigenvalue weighted by atomic mass is 10.1. The molecule has 6 nitrogen and oxygen atoms in total. The molecule has 2 aromatic carbocycles. The summed E-state index contributed by atoms with van der Waals surface area (Å²) in [6.45, 7) is 0.996. The number of ether oxygens (including phenoxy) is 2. The van der Waals surface area contributed by atoms with Crippen LogP contribution in [0.4, 0.5) is 0 Å². The van der Waals surface area contributed by atoms with Crippen LogP contribution in [0.1, 0.15) is 45.9 Å². The molecule has 2 aliphatic rings. The predicted molar refractivity (Wildman–Crippen MR) is 105 cm³/mol. The minimum Gasteiger partial charge on any atom is -0.493 e. The molecule has 28 heavy (non-hydrogen) atoms. The van der Waals surface area contributed by atoms with Crippen LogP contribution >= 0.6 is 0 Å². The zero-order valence-electron chi connectivity index (χ0n) is 16.2. The van der Waals surface area contributed by atoms with Gasteiger partial charge in [0.1, 0.15) is 0 Å². The van der Waals surface area contributed by atoms with Crippen LogP contribution in [-0.2, 0) is 17.8 Å². The number of carbonyl (C=O) groups excluding carboxylic acids is 2. The van der Waals surface area contributed by atoms with E-state index in [0.717, 1.165) is 29.5 Å². The lowest BCUT2D eigenvalue weighted by Gasteiger charge is -2.18. The Labute approximate surface area is 164 Å². The van der Waals surface area contributed by atoms with Gasteiger partial charge in [0.2, 0.25) is 5.91 Å². The van der Waals surface area contributed by atoms with Crippen LogP contribution in [0.2, 0.25) is 0 Å². The van der Waals surface area contributed by atoms with Crippen molar-refractivity contribution < 1.29 is 19.1 Å². The van der Waals surface area contributed by atoms with Crippen molar-refractivity contribution in [3.63, 3.8) is 0 Å². The molecule has 0 spiro atoms. The topological polar surface area (TPSA) is 67.9 Å². The number of hydrogen-bond acceptors (Lipinski definition) is 4. The SMILES string of the molecule is COc1cc2c(cc1OC)C(NC(=O)CCN1Cc3ccccc3C1=O)CC2. The van der Waals surface area contributed by atoms with E-state index >= 15 is 0 Å². The van der Waals surface area contributed by atoms with Gasteiger partial charge in [-0.05, 0) is 47.7 Å². The molecule has 0 saturated heterocycles. The Morgan fingerprint density at radius 3 is 2.64 bits per heavy atom. The van der Waals surface area contributed by atoms with Gasteiger partial charge in [-0.25, -0.2) is 0 Å². The van der Waals surface area contributed by atoms with Crippen LogP contribution in [-0.4, -0.2) is 37.5 Å². The highest BCUT2D eigenvalue weighted by atomic mass is 16.5. The summed E-state index contributed by atoms with van der Waals surface area (Å²) in [5.74, 6) is 1.34. The van der Waals surface area contributed by atoms with Crippen molar-refractivity contribution in [2.45, 2.75) is 31.8 Å². The Balaban J connectivity index is 1.37. The fourth-order valence-corrected chi connectivity index (χ4v) is 4.08. The summed E-state index contributed by atoms with van der Waals surface area (Å²) in [5.41, 5.74) is 4.02. The number of benzene rings is 2. The molecular formula is C22H24N2O4. The summed E-state index contributed by atoms with van der Waals surface area (Å²) in [5, 5.41) is 3.11. The summed E-state index contributed by atoms with van der Waals surface area (Å²) < 4.78 is 10.8. The van der Waals surface area contributed by atoms with Crippen LogP contribution in [0.15, 0.2) is 36.4 Å². The molecule has 4 rings (SSSR count). The zero-order valence-corrected chi connectivity index (χ0v) is 16.2. The number of methoxy groups -OCH3 is 2. The van der Waals surface area contributed by atoms with E-state index in [-0.39, 0.29) is 17.9 Å². The molecule has 1 heterocycles. The molecule has 1 unspecified atom stereocenters. The molecule has 1 N–H and O–H groups in total. The predicted octanol–water partition coefficient (Wildman–Crippen LogP) is 2.85. The minimum absolute atomic E-state index is 0.00597. The number of nitrogens with one attached hydrogen (secondary N) is 1. The Bertz CT molecular complexity index is 925. The average molecular weight is 380 g/mol. The van der Waals surface area contributed by atoms with Gasteiger partial charge >= 0.3 is 0 Å². The molecule has 6 heteroatoms. The summed E-state index contributed by atoms with van der Waals surface area (Å²) in [4.78, 5) is 26.7. The maximum atomic E-state index is 12.5. The van der Waals surface area contributed by atoms with Gasteiger partial charge in [0.05, 0.1) is 20.3 Å². The smallest absolute Gasteiger partial charge is 0.254 e. The highest BCUT2D eigenvalue weighted by Crippen LogP contribution is 2.39. The molecule has 1 atom stereocenters. The molecule has 0 bridgehead atoms. The van der Waals surface area contributed by atoms with E-state index in [1.54, 1.807) is 19.1 Å². The van der Waals surface area contributed by atoms with E-state index in [1.165, 1.54) is 5.56 Å². The normalized spacial score (nSPS) is 17.3. The third-order valence-electron chi connectivity index (χ3n) is 5.56. The summed E-state index contributed by atoms with van der Waals surface area (Å²) in [6, 6.07) is 11.5. The van der Waals surface area contributed by atoms with E-state index in [9.17, 15) is 9.59 Å². The van der Waals surface area contributed by atoms with Crippen LogP contribution < -0.4 is 14.8 Å². The largest absolute Gasteiger partial charge is 0.493 e. The molecule has 1 aliphatic heterocycles. The van der Waals surface area contributed by atoms with Crippen molar-refractivity contribution in [1.29, 1.82) is 0 Å². The number of nitrogens with zero attached hydrogens (tertiary/aromatic N) is 1. The van der Waals surface area contributed by atoms with Gasteiger partial charge in [-0.15, -0.1) is 0 Å².